The Balaban J connectivity index is 1.65. The van der Waals surface area contributed by atoms with Gasteiger partial charge in [-0.3, -0.25) is 4.79 Å². The number of hydrogen-bond acceptors (Lipinski definition) is 5. The predicted molar refractivity (Wildman–Crippen MR) is 96.1 cm³/mol. The molecule has 0 aliphatic carbocycles. The number of carbonyl (C=O) groups is 1. The van der Waals surface area contributed by atoms with Crippen molar-refractivity contribution in [2.75, 3.05) is 23.4 Å². The van der Waals surface area contributed by atoms with Gasteiger partial charge in [0.15, 0.2) is 5.16 Å². The maximum atomic E-state index is 12.3. The molecule has 1 aromatic carbocycles. The van der Waals surface area contributed by atoms with E-state index in [1.165, 1.54) is 0 Å². The zero-order valence-corrected chi connectivity index (χ0v) is 14.6. The predicted octanol–water partition coefficient (Wildman–Crippen LogP) is 2.60. The third-order valence-corrected chi connectivity index (χ3v) is 5.85. The molecule has 1 aliphatic rings. The number of imidazole rings is 1. The van der Waals surface area contributed by atoms with Crippen molar-refractivity contribution >= 4 is 35.1 Å². The number of amides is 1. The largest absolute Gasteiger partial charge is 0.329 e. The lowest BCUT2D eigenvalue weighted by molar-refractivity contribution is -0.116. The highest BCUT2D eigenvalue weighted by Crippen LogP contribution is 2.32. The molecule has 3 rings (SSSR count). The van der Waals surface area contributed by atoms with Gasteiger partial charge in [-0.25, -0.2) is 4.98 Å². The second-order valence-corrected chi connectivity index (χ2v) is 7.56. The normalized spacial score (nSPS) is 17.9. The van der Waals surface area contributed by atoms with Crippen LogP contribution in [0.4, 0.5) is 5.69 Å². The quantitative estimate of drug-likeness (QED) is 0.870. The summed E-state index contributed by atoms with van der Waals surface area (Å²) in [5, 5.41) is 7.34. The molecule has 1 unspecified atom stereocenters. The van der Waals surface area contributed by atoms with Gasteiger partial charge in [0, 0.05) is 54.8 Å². The fourth-order valence-electron chi connectivity index (χ4n) is 2.38. The highest BCUT2D eigenvalue weighted by atomic mass is 32.2. The van der Waals surface area contributed by atoms with E-state index in [1.807, 2.05) is 53.8 Å². The number of thioether (sulfide) groups is 1. The van der Waals surface area contributed by atoms with Gasteiger partial charge >= 0.3 is 0 Å². The summed E-state index contributed by atoms with van der Waals surface area (Å²) in [6.45, 7) is 0.980. The average molecular weight is 348 g/mol. The van der Waals surface area contributed by atoms with Crippen LogP contribution in [0.1, 0.15) is 6.42 Å². The highest BCUT2D eigenvalue weighted by Gasteiger charge is 2.17. The molecule has 1 aliphatic heterocycles. The van der Waals surface area contributed by atoms with Crippen LogP contribution in [0.5, 0.6) is 0 Å². The van der Waals surface area contributed by atoms with Crippen LogP contribution in [-0.2, 0) is 11.8 Å². The first-order valence-corrected chi connectivity index (χ1v) is 9.54. The van der Waals surface area contributed by atoms with Gasteiger partial charge in [0.25, 0.3) is 0 Å². The van der Waals surface area contributed by atoms with Gasteiger partial charge in [-0.15, -0.1) is 0 Å². The summed E-state index contributed by atoms with van der Waals surface area (Å²) in [7, 11) is 1.96. The van der Waals surface area contributed by atoms with Gasteiger partial charge < -0.3 is 15.2 Å². The molecule has 7 heteroatoms. The van der Waals surface area contributed by atoms with E-state index in [2.05, 4.69) is 15.6 Å². The van der Waals surface area contributed by atoms with Crippen molar-refractivity contribution in [1.29, 1.82) is 0 Å². The minimum Gasteiger partial charge on any atom is -0.329 e. The molecule has 0 saturated carbocycles. The number of aryl methyl sites for hydroxylation is 1. The lowest BCUT2D eigenvalue weighted by atomic mass is 10.2. The lowest BCUT2D eigenvalue weighted by Gasteiger charge is -2.22. The lowest BCUT2D eigenvalue weighted by Crippen LogP contribution is -2.39. The SMILES string of the molecule is Cn1ccnc1Sc1ccccc1NC(=O)CC1CSCCN1. The van der Waals surface area contributed by atoms with Crippen LogP contribution in [0.25, 0.3) is 0 Å². The van der Waals surface area contributed by atoms with Crippen LogP contribution >= 0.6 is 23.5 Å². The Bertz CT molecular complexity index is 668. The maximum absolute atomic E-state index is 12.3. The molecule has 0 spiro atoms. The van der Waals surface area contributed by atoms with Crippen molar-refractivity contribution in [3.63, 3.8) is 0 Å². The smallest absolute Gasteiger partial charge is 0.226 e. The molecule has 2 N–H and O–H groups in total. The molecule has 5 nitrogen and oxygen atoms in total. The number of carbonyl (C=O) groups excluding carboxylic acids is 1. The van der Waals surface area contributed by atoms with Gasteiger partial charge in [0.2, 0.25) is 5.91 Å². The number of nitrogens with zero attached hydrogens (tertiary/aromatic N) is 2. The first kappa shape index (κ1) is 16.4. The van der Waals surface area contributed by atoms with Gasteiger partial charge in [-0.2, -0.15) is 11.8 Å². The summed E-state index contributed by atoms with van der Waals surface area (Å²) in [6, 6.07) is 8.12. The molecule has 23 heavy (non-hydrogen) atoms. The van der Waals surface area contributed by atoms with E-state index in [4.69, 9.17) is 0 Å². The molecular weight excluding hydrogens is 328 g/mol. The Morgan fingerprint density at radius 1 is 1.52 bits per heavy atom. The third-order valence-electron chi connectivity index (χ3n) is 3.57. The maximum Gasteiger partial charge on any atom is 0.226 e. The van der Waals surface area contributed by atoms with Crippen molar-refractivity contribution < 1.29 is 4.79 Å². The van der Waals surface area contributed by atoms with Crippen molar-refractivity contribution in [1.82, 2.24) is 14.9 Å². The van der Waals surface area contributed by atoms with E-state index in [0.29, 0.717) is 6.42 Å². The monoisotopic (exact) mass is 348 g/mol. The van der Waals surface area contributed by atoms with E-state index in [9.17, 15) is 4.79 Å². The Hall–Kier alpha value is -1.44. The number of anilines is 1. The fourth-order valence-corrected chi connectivity index (χ4v) is 4.22. The molecule has 1 fully saturated rings. The van der Waals surface area contributed by atoms with Crippen LogP contribution in [0.15, 0.2) is 46.7 Å². The summed E-state index contributed by atoms with van der Waals surface area (Å²) < 4.78 is 1.96. The van der Waals surface area contributed by atoms with E-state index in [0.717, 1.165) is 33.8 Å². The van der Waals surface area contributed by atoms with Gasteiger partial charge in [0.1, 0.15) is 0 Å². The molecule has 1 saturated heterocycles. The fraction of sp³-hybridized carbons (Fsp3) is 0.375. The van der Waals surface area contributed by atoms with Crippen LogP contribution in [0, 0.1) is 0 Å². The molecule has 1 aromatic heterocycles. The summed E-state index contributed by atoms with van der Waals surface area (Å²) in [5.74, 6) is 2.18. The molecule has 2 heterocycles. The zero-order valence-electron chi connectivity index (χ0n) is 13.0. The number of rotatable bonds is 5. The topological polar surface area (TPSA) is 59.0 Å². The summed E-state index contributed by atoms with van der Waals surface area (Å²) in [6.07, 6.45) is 4.19. The average Bonchev–Trinajstić information content (AvgIpc) is 2.95. The summed E-state index contributed by atoms with van der Waals surface area (Å²) in [5.41, 5.74) is 0.842. The molecule has 0 bridgehead atoms. The number of para-hydroxylation sites is 1. The summed E-state index contributed by atoms with van der Waals surface area (Å²) in [4.78, 5) is 17.6. The first-order valence-electron chi connectivity index (χ1n) is 7.57. The Labute approximate surface area is 144 Å². The van der Waals surface area contributed by atoms with Crippen molar-refractivity contribution in [2.24, 2.45) is 7.05 Å². The minimum absolute atomic E-state index is 0.0536. The molecule has 0 radical (unpaired) electrons. The van der Waals surface area contributed by atoms with Crippen LogP contribution in [-0.4, -0.2) is 39.6 Å². The Morgan fingerprint density at radius 3 is 3.13 bits per heavy atom. The van der Waals surface area contributed by atoms with Gasteiger partial charge in [-0.1, -0.05) is 12.1 Å². The molecule has 1 atom stereocenters. The molecule has 2 aromatic rings. The second kappa shape index (κ2) is 7.90. The highest BCUT2D eigenvalue weighted by molar-refractivity contribution is 7.99. The minimum atomic E-state index is 0.0536. The van der Waals surface area contributed by atoms with Crippen LogP contribution in [0.2, 0.25) is 0 Å². The number of hydrogen-bond donors (Lipinski definition) is 2. The third kappa shape index (κ3) is 4.53. The number of nitrogens with one attached hydrogen (secondary N) is 2. The van der Waals surface area contributed by atoms with E-state index >= 15 is 0 Å². The molecule has 122 valence electrons. The van der Waals surface area contributed by atoms with Crippen LogP contribution in [0.3, 0.4) is 0 Å². The Morgan fingerprint density at radius 2 is 2.39 bits per heavy atom. The molecular formula is C16H20N4OS2. The van der Waals surface area contributed by atoms with Crippen molar-refractivity contribution in [3.8, 4) is 0 Å². The molecule has 1 amide bonds. The first-order chi connectivity index (χ1) is 11.2. The summed E-state index contributed by atoms with van der Waals surface area (Å²) >= 11 is 3.45. The standard InChI is InChI=1S/C16H20N4OS2/c1-20-8-6-18-16(20)23-14-5-3-2-4-13(14)19-15(21)10-12-11-22-9-7-17-12/h2-6,8,12,17H,7,9-11H2,1H3,(H,19,21). The number of aromatic nitrogens is 2. The van der Waals surface area contributed by atoms with Gasteiger partial charge in [-0.05, 0) is 23.9 Å². The van der Waals surface area contributed by atoms with E-state index < -0.39 is 0 Å². The van der Waals surface area contributed by atoms with Crippen LogP contribution < -0.4 is 10.6 Å². The van der Waals surface area contributed by atoms with E-state index in [1.54, 1.807) is 18.0 Å². The van der Waals surface area contributed by atoms with Crippen molar-refractivity contribution in [3.05, 3.63) is 36.7 Å². The second-order valence-electron chi connectivity index (χ2n) is 5.40. The number of benzene rings is 1. The van der Waals surface area contributed by atoms with E-state index in [-0.39, 0.29) is 11.9 Å². The van der Waals surface area contributed by atoms with Crippen molar-refractivity contribution in [2.45, 2.75) is 22.5 Å². The van der Waals surface area contributed by atoms with Gasteiger partial charge in [0.05, 0.1) is 5.69 Å². The zero-order chi connectivity index (χ0) is 16.1. The Kier molecular flexibility index (Phi) is 5.64.